The largest absolute Gasteiger partial charge is 0.394 e. The minimum Gasteiger partial charge on any atom is -0.394 e. The van der Waals surface area contributed by atoms with Crippen molar-refractivity contribution in [3.8, 4) is 0 Å². The average molecular weight is 985 g/mol. The molecule has 414 valence electrons. The Bertz CT molecular complexity index is 1090. The molecule has 0 fully saturated rings. The summed E-state index contributed by atoms with van der Waals surface area (Å²) in [5.74, 6) is -0.498. The molecule has 0 aromatic carbocycles. The van der Waals surface area contributed by atoms with E-state index in [0.29, 0.717) is 6.42 Å². The third-order valence-corrected chi connectivity index (χ3v) is 15.0. The lowest BCUT2D eigenvalue weighted by Gasteiger charge is -2.21. The SMILES string of the molecule is CCCCCCCCCCCCCCC/C=C\C/C=C\CCCCCCCCCCCCCCCCCCC(O)C(=O)NC(CO)C(O)/C=C/CCCCCCCCCCCCCCCCCCCC. The molecule has 1 amide bonds. The molecule has 5 heteroatoms. The van der Waals surface area contributed by atoms with Crippen LogP contribution in [-0.4, -0.2) is 46.1 Å². The Kier molecular flexibility index (Phi) is 58.9. The first-order chi connectivity index (χ1) is 34.6. The summed E-state index contributed by atoms with van der Waals surface area (Å²) in [5, 5.41) is 33.4. The maximum Gasteiger partial charge on any atom is 0.249 e. The van der Waals surface area contributed by atoms with Gasteiger partial charge in [-0.3, -0.25) is 4.79 Å². The highest BCUT2D eigenvalue weighted by Crippen LogP contribution is 2.18. The van der Waals surface area contributed by atoms with E-state index in [-0.39, 0.29) is 6.61 Å². The molecular weight excluding hydrogens is 859 g/mol. The lowest BCUT2D eigenvalue weighted by Crippen LogP contribution is -2.48. The van der Waals surface area contributed by atoms with Crippen molar-refractivity contribution in [1.82, 2.24) is 5.32 Å². The van der Waals surface area contributed by atoms with Crippen molar-refractivity contribution < 1.29 is 20.1 Å². The molecule has 0 bridgehead atoms. The van der Waals surface area contributed by atoms with E-state index in [1.54, 1.807) is 6.08 Å². The topological polar surface area (TPSA) is 89.8 Å². The summed E-state index contributed by atoms with van der Waals surface area (Å²) in [6, 6.07) is -0.798. The van der Waals surface area contributed by atoms with Crippen LogP contribution in [-0.2, 0) is 4.79 Å². The first-order valence-electron chi connectivity index (χ1n) is 31.8. The summed E-state index contributed by atoms with van der Waals surface area (Å²) in [5.41, 5.74) is 0. The molecule has 0 aromatic rings. The molecule has 0 saturated carbocycles. The zero-order valence-electron chi connectivity index (χ0n) is 47.4. The van der Waals surface area contributed by atoms with Crippen molar-refractivity contribution in [2.75, 3.05) is 6.61 Å². The fraction of sp³-hybridized carbons (Fsp3) is 0.892. The third-order valence-electron chi connectivity index (χ3n) is 15.0. The summed E-state index contributed by atoms with van der Waals surface area (Å²) < 4.78 is 0. The fourth-order valence-corrected chi connectivity index (χ4v) is 10.0. The zero-order valence-corrected chi connectivity index (χ0v) is 47.4. The van der Waals surface area contributed by atoms with Crippen LogP contribution in [0.4, 0.5) is 0 Å². The van der Waals surface area contributed by atoms with Gasteiger partial charge in [-0.1, -0.05) is 333 Å². The number of allylic oxidation sites excluding steroid dienone is 5. The van der Waals surface area contributed by atoms with Crippen LogP contribution in [0.25, 0.3) is 0 Å². The van der Waals surface area contributed by atoms with Crippen molar-refractivity contribution >= 4 is 5.91 Å². The van der Waals surface area contributed by atoms with E-state index in [9.17, 15) is 20.1 Å². The van der Waals surface area contributed by atoms with Crippen molar-refractivity contribution in [2.24, 2.45) is 0 Å². The molecule has 3 unspecified atom stereocenters. The minimum atomic E-state index is -1.10. The summed E-state index contributed by atoms with van der Waals surface area (Å²) in [6.07, 6.45) is 79.7. The van der Waals surface area contributed by atoms with Crippen molar-refractivity contribution in [2.45, 2.75) is 366 Å². The molecular formula is C65H125NO4. The van der Waals surface area contributed by atoms with Gasteiger partial charge in [-0.05, 0) is 51.4 Å². The molecule has 0 aliphatic heterocycles. The number of amides is 1. The Balaban J connectivity index is 3.51. The number of aliphatic hydroxyl groups is 3. The van der Waals surface area contributed by atoms with Gasteiger partial charge in [0.2, 0.25) is 5.91 Å². The van der Waals surface area contributed by atoms with Crippen molar-refractivity contribution in [3.63, 3.8) is 0 Å². The van der Waals surface area contributed by atoms with E-state index >= 15 is 0 Å². The Labute approximate surface area is 438 Å². The van der Waals surface area contributed by atoms with E-state index in [1.807, 2.05) is 6.08 Å². The molecule has 0 heterocycles. The Morgan fingerprint density at radius 1 is 0.357 bits per heavy atom. The van der Waals surface area contributed by atoms with E-state index < -0.39 is 24.2 Å². The van der Waals surface area contributed by atoms with Gasteiger partial charge in [0.1, 0.15) is 6.10 Å². The molecule has 0 aromatic heterocycles. The van der Waals surface area contributed by atoms with E-state index in [2.05, 4.69) is 43.5 Å². The third kappa shape index (κ3) is 54.3. The van der Waals surface area contributed by atoms with Gasteiger partial charge in [0.15, 0.2) is 0 Å². The minimum absolute atomic E-state index is 0.361. The lowest BCUT2D eigenvalue weighted by molar-refractivity contribution is -0.131. The van der Waals surface area contributed by atoms with E-state index in [4.69, 9.17) is 0 Å². The number of hydrogen-bond donors (Lipinski definition) is 4. The number of aliphatic hydroxyl groups excluding tert-OH is 3. The van der Waals surface area contributed by atoms with E-state index in [0.717, 1.165) is 38.5 Å². The summed E-state index contributed by atoms with van der Waals surface area (Å²) in [7, 11) is 0. The van der Waals surface area contributed by atoms with Crippen LogP contribution >= 0.6 is 0 Å². The highest BCUT2D eigenvalue weighted by atomic mass is 16.3. The molecule has 0 spiro atoms. The van der Waals surface area contributed by atoms with E-state index in [1.165, 1.54) is 289 Å². The average Bonchev–Trinajstić information content (AvgIpc) is 3.36. The number of carbonyl (C=O) groups excluding carboxylic acids is 1. The first kappa shape index (κ1) is 68.6. The van der Waals surface area contributed by atoms with Gasteiger partial charge >= 0.3 is 0 Å². The molecule has 0 saturated heterocycles. The highest BCUT2D eigenvalue weighted by Gasteiger charge is 2.22. The summed E-state index contributed by atoms with van der Waals surface area (Å²) in [6.45, 7) is 4.22. The Morgan fingerprint density at radius 2 is 0.614 bits per heavy atom. The predicted octanol–water partition coefficient (Wildman–Crippen LogP) is 20.2. The smallest absolute Gasteiger partial charge is 0.249 e. The maximum absolute atomic E-state index is 12.6. The molecule has 0 radical (unpaired) electrons. The molecule has 5 nitrogen and oxygen atoms in total. The van der Waals surface area contributed by atoms with Gasteiger partial charge < -0.3 is 20.6 Å². The van der Waals surface area contributed by atoms with Crippen LogP contribution in [0.1, 0.15) is 348 Å². The predicted molar refractivity (Wildman–Crippen MR) is 310 cm³/mol. The number of carbonyl (C=O) groups is 1. The van der Waals surface area contributed by atoms with Gasteiger partial charge in [0.05, 0.1) is 18.8 Å². The molecule has 0 aliphatic rings. The second-order valence-electron chi connectivity index (χ2n) is 22.0. The molecule has 4 N–H and O–H groups in total. The first-order valence-corrected chi connectivity index (χ1v) is 31.8. The van der Waals surface area contributed by atoms with Gasteiger partial charge in [0.25, 0.3) is 0 Å². The number of hydrogen-bond acceptors (Lipinski definition) is 4. The second-order valence-corrected chi connectivity index (χ2v) is 22.0. The van der Waals surface area contributed by atoms with Crippen LogP contribution in [0, 0.1) is 0 Å². The van der Waals surface area contributed by atoms with Gasteiger partial charge in [0, 0.05) is 0 Å². The van der Waals surface area contributed by atoms with Crippen molar-refractivity contribution in [1.29, 1.82) is 0 Å². The van der Waals surface area contributed by atoms with Crippen LogP contribution in [0.2, 0.25) is 0 Å². The Morgan fingerprint density at radius 3 is 0.900 bits per heavy atom. The maximum atomic E-state index is 12.6. The number of nitrogens with one attached hydrogen (secondary N) is 1. The van der Waals surface area contributed by atoms with Crippen LogP contribution in [0.5, 0.6) is 0 Å². The quantitative estimate of drug-likeness (QED) is 0.0361. The lowest BCUT2D eigenvalue weighted by atomic mass is 10.0. The fourth-order valence-electron chi connectivity index (χ4n) is 10.0. The van der Waals surface area contributed by atoms with Gasteiger partial charge in [-0.2, -0.15) is 0 Å². The number of rotatable bonds is 59. The van der Waals surface area contributed by atoms with Crippen LogP contribution < -0.4 is 5.32 Å². The molecule has 0 rings (SSSR count). The monoisotopic (exact) mass is 984 g/mol. The number of unbranched alkanes of at least 4 members (excludes halogenated alkanes) is 47. The Hall–Kier alpha value is -1.43. The summed E-state index contributed by atoms with van der Waals surface area (Å²) >= 11 is 0. The van der Waals surface area contributed by atoms with Crippen LogP contribution in [0.3, 0.4) is 0 Å². The van der Waals surface area contributed by atoms with Crippen molar-refractivity contribution in [3.05, 3.63) is 36.5 Å². The molecule has 3 atom stereocenters. The standard InChI is InChI=1S/C65H125NO4/c1-3-5-7-9-11-13-15-17-19-21-23-25-26-27-28-29-30-31-32-33-34-35-36-37-38-39-40-42-44-46-48-50-52-54-56-58-60-64(69)65(70)66-62(61-67)63(68)59-57-55-53-51-49-47-45-43-41-24-22-20-18-16-14-12-10-8-6-4-2/h28-29,31-32,57,59,62-64,67-69H,3-27,30,33-56,58,60-61H2,1-2H3,(H,66,70)/b29-28-,32-31-,59-57+. The summed E-state index contributed by atoms with van der Waals surface area (Å²) in [4.78, 5) is 12.6. The normalized spacial score (nSPS) is 13.4. The molecule has 70 heavy (non-hydrogen) atoms. The molecule has 0 aliphatic carbocycles. The van der Waals surface area contributed by atoms with Crippen LogP contribution in [0.15, 0.2) is 36.5 Å². The van der Waals surface area contributed by atoms with Gasteiger partial charge in [-0.15, -0.1) is 0 Å². The zero-order chi connectivity index (χ0) is 50.7. The highest BCUT2D eigenvalue weighted by molar-refractivity contribution is 5.80. The van der Waals surface area contributed by atoms with Gasteiger partial charge in [-0.25, -0.2) is 0 Å². The second kappa shape index (κ2) is 60.1.